The molecule has 204 valence electrons. The van der Waals surface area contributed by atoms with Crippen molar-refractivity contribution in [1.29, 1.82) is 0 Å². The Morgan fingerprint density at radius 1 is 1.05 bits per heavy atom. The molecule has 6 rings (SSSR count). The summed E-state index contributed by atoms with van der Waals surface area (Å²) in [5, 5.41) is 14.0. The quantitative estimate of drug-likeness (QED) is 0.407. The normalized spacial score (nSPS) is 19.2. The number of aryl methyl sites for hydroxylation is 3. The molecule has 0 unspecified atom stereocenters. The van der Waals surface area contributed by atoms with Gasteiger partial charge < -0.3 is 14.6 Å². The highest BCUT2D eigenvalue weighted by Gasteiger charge is 2.34. The van der Waals surface area contributed by atoms with Crippen molar-refractivity contribution in [3.8, 4) is 0 Å². The highest BCUT2D eigenvalue weighted by atomic mass is 16.5. The monoisotopic (exact) mass is 527 g/mol. The number of nitrogens with one attached hydrogen (secondary N) is 1. The van der Waals surface area contributed by atoms with Crippen LogP contribution in [0.1, 0.15) is 52.5 Å². The first-order valence-electron chi connectivity index (χ1n) is 14.0. The summed E-state index contributed by atoms with van der Waals surface area (Å²) < 4.78 is 7.75. The summed E-state index contributed by atoms with van der Waals surface area (Å²) >= 11 is 0. The number of tetrazole rings is 1. The van der Waals surface area contributed by atoms with Crippen molar-refractivity contribution in [1.82, 2.24) is 30.1 Å². The Balaban J connectivity index is 1.38. The van der Waals surface area contributed by atoms with Gasteiger partial charge in [-0.3, -0.25) is 9.69 Å². The van der Waals surface area contributed by atoms with Gasteiger partial charge in [0, 0.05) is 44.0 Å². The van der Waals surface area contributed by atoms with Crippen LogP contribution < -0.4 is 10.5 Å². The second kappa shape index (κ2) is 10.5. The number of hydrogen-bond acceptors (Lipinski definition) is 7. The van der Waals surface area contributed by atoms with E-state index >= 15 is 0 Å². The van der Waals surface area contributed by atoms with Crippen molar-refractivity contribution < 1.29 is 4.74 Å². The Bertz CT molecular complexity index is 1540. The Hall–Kier alpha value is -3.56. The second-order valence-electron chi connectivity index (χ2n) is 11.1. The molecular formula is C30H37N7O2. The van der Waals surface area contributed by atoms with Crippen molar-refractivity contribution in [3.63, 3.8) is 0 Å². The van der Waals surface area contributed by atoms with Crippen LogP contribution in [0.15, 0.2) is 41.2 Å². The Morgan fingerprint density at radius 3 is 2.64 bits per heavy atom. The summed E-state index contributed by atoms with van der Waals surface area (Å²) in [6, 6.07) is 12.4. The molecule has 1 N–H and O–H groups in total. The van der Waals surface area contributed by atoms with Crippen molar-refractivity contribution in [2.75, 3.05) is 37.7 Å². The number of hydrogen-bond donors (Lipinski definition) is 1. The van der Waals surface area contributed by atoms with Gasteiger partial charge in [-0.25, -0.2) is 4.68 Å². The summed E-state index contributed by atoms with van der Waals surface area (Å²) in [4.78, 5) is 21.7. The number of anilines is 1. The molecule has 9 nitrogen and oxygen atoms in total. The second-order valence-corrected chi connectivity index (χ2v) is 11.1. The van der Waals surface area contributed by atoms with E-state index in [1.807, 2.05) is 17.7 Å². The molecular weight excluding hydrogens is 490 g/mol. The zero-order chi connectivity index (χ0) is 27.1. The molecule has 2 aliphatic rings. The maximum Gasteiger partial charge on any atom is 0.253 e. The standard InChI is InChI=1S/C30H37N7O2/c1-19-15-21(3)27-23(16-19)17-25(30(38)31-27)28(29-32-33-34-37(29)18-24-8-6-14-39-24)36-12-10-35(11-13-36)26-9-5-7-20(2)22(26)4/h5,7,9,15-17,24,28H,6,8,10-14,18H2,1-4H3,(H,31,38)/t24-,28+/m0/s1. The van der Waals surface area contributed by atoms with Crippen LogP contribution in [0.4, 0.5) is 5.69 Å². The molecule has 0 radical (unpaired) electrons. The van der Waals surface area contributed by atoms with Crippen LogP contribution in [-0.4, -0.2) is 69.0 Å². The Labute approximate surface area is 228 Å². The molecule has 2 fully saturated rings. The summed E-state index contributed by atoms with van der Waals surface area (Å²) in [5.74, 6) is 0.694. The predicted molar refractivity (Wildman–Crippen MR) is 152 cm³/mol. The van der Waals surface area contributed by atoms with E-state index in [0.29, 0.717) is 17.9 Å². The molecule has 2 atom stereocenters. The number of aromatic nitrogens is 5. The lowest BCUT2D eigenvalue weighted by atomic mass is 10.00. The van der Waals surface area contributed by atoms with Crippen molar-refractivity contribution in [3.05, 3.63) is 80.4 Å². The molecule has 39 heavy (non-hydrogen) atoms. The lowest BCUT2D eigenvalue weighted by Crippen LogP contribution is -2.49. The molecule has 2 aromatic carbocycles. The molecule has 2 aromatic heterocycles. The smallest absolute Gasteiger partial charge is 0.253 e. The molecule has 0 aliphatic carbocycles. The van der Waals surface area contributed by atoms with Crippen LogP contribution in [0.3, 0.4) is 0 Å². The molecule has 0 spiro atoms. The van der Waals surface area contributed by atoms with Gasteiger partial charge in [0.25, 0.3) is 5.56 Å². The van der Waals surface area contributed by atoms with E-state index in [4.69, 9.17) is 4.74 Å². The number of fused-ring (bicyclic) bond motifs is 1. The third kappa shape index (κ3) is 4.96. The van der Waals surface area contributed by atoms with Crippen molar-refractivity contribution in [2.24, 2.45) is 0 Å². The third-order valence-electron chi connectivity index (χ3n) is 8.42. The van der Waals surface area contributed by atoms with Gasteiger partial charge in [0.05, 0.1) is 18.2 Å². The van der Waals surface area contributed by atoms with Gasteiger partial charge in [-0.15, -0.1) is 5.10 Å². The van der Waals surface area contributed by atoms with Gasteiger partial charge in [-0.1, -0.05) is 23.8 Å². The zero-order valence-electron chi connectivity index (χ0n) is 23.3. The first-order valence-corrected chi connectivity index (χ1v) is 14.0. The fourth-order valence-electron chi connectivity index (χ4n) is 6.22. The minimum Gasteiger partial charge on any atom is -0.376 e. The molecule has 0 amide bonds. The molecule has 2 saturated heterocycles. The number of aromatic amines is 1. The summed E-state index contributed by atoms with van der Waals surface area (Å²) in [6.07, 6.45) is 2.14. The van der Waals surface area contributed by atoms with E-state index in [2.05, 4.69) is 81.4 Å². The fraction of sp³-hybridized carbons (Fsp3) is 0.467. The van der Waals surface area contributed by atoms with Gasteiger partial charge in [0.1, 0.15) is 6.04 Å². The summed E-state index contributed by atoms with van der Waals surface area (Å²) in [5.41, 5.74) is 7.60. The van der Waals surface area contributed by atoms with Gasteiger partial charge >= 0.3 is 0 Å². The highest BCUT2D eigenvalue weighted by molar-refractivity contribution is 5.83. The molecule has 2 aliphatic heterocycles. The van der Waals surface area contributed by atoms with Crippen LogP contribution in [0, 0.1) is 27.7 Å². The average Bonchev–Trinajstić information content (AvgIpc) is 3.60. The largest absolute Gasteiger partial charge is 0.376 e. The molecule has 9 heteroatoms. The van der Waals surface area contributed by atoms with E-state index in [-0.39, 0.29) is 17.7 Å². The van der Waals surface area contributed by atoms with Gasteiger partial charge in [0.2, 0.25) is 0 Å². The lowest BCUT2D eigenvalue weighted by Gasteiger charge is -2.40. The number of rotatable bonds is 6. The van der Waals surface area contributed by atoms with Crippen molar-refractivity contribution >= 4 is 16.6 Å². The first-order chi connectivity index (χ1) is 18.9. The molecule has 0 bridgehead atoms. The number of piperazine rings is 1. The Kier molecular flexibility index (Phi) is 6.95. The zero-order valence-corrected chi connectivity index (χ0v) is 23.3. The van der Waals surface area contributed by atoms with Crippen LogP contribution in [0.25, 0.3) is 10.9 Å². The van der Waals surface area contributed by atoms with E-state index in [1.165, 1.54) is 22.4 Å². The van der Waals surface area contributed by atoms with Gasteiger partial charge in [0.15, 0.2) is 5.82 Å². The molecule has 0 saturated carbocycles. The van der Waals surface area contributed by atoms with E-state index in [0.717, 1.165) is 62.1 Å². The van der Waals surface area contributed by atoms with Crippen LogP contribution in [0.5, 0.6) is 0 Å². The van der Waals surface area contributed by atoms with E-state index < -0.39 is 0 Å². The number of H-pyrrole nitrogens is 1. The lowest BCUT2D eigenvalue weighted by molar-refractivity contribution is 0.0906. The fourth-order valence-corrected chi connectivity index (χ4v) is 6.22. The minimum absolute atomic E-state index is 0.0919. The molecule has 4 heterocycles. The SMILES string of the molecule is Cc1cc(C)c2[nH]c(=O)c([C@H](c3nnnn3C[C@@H]3CCCO3)N3CCN(c4cccc(C)c4C)CC3)cc2c1. The number of ether oxygens (including phenoxy) is 1. The van der Waals surface area contributed by atoms with E-state index in [1.54, 1.807) is 0 Å². The number of nitrogens with zero attached hydrogens (tertiary/aromatic N) is 6. The summed E-state index contributed by atoms with van der Waals surface area (Å²) in [6.45, 7) is 13.1. The van der Waals surface area contributed by atoms with Gasteiger partial charge in [-0.2, -0.15) is 0 Å². The number of pyridine rings is 1. The first kappa shape index (κ1) is 25.7. The molecule has 4 aromatic rings. The van der Waals surface area contributed by atoms with Crippen LogP contribution >= 0.6 is 0 Å². The maximum absolute atomic E-state index is 13.7. The van der Waals surface area contributed by atoms with Crippen LogP contribution in [0.2, 0.25) is 0 Å². The number of benzene rings is 2. The summed E-state index contributed by atoms with van der Waals surface area (Å²) in [7, 11) is 0. The van der Waals surface area contributed by atoms with Gasteiger partial charge in [-0.05, 0) is 91.2 Å². The third-order valence-corrected chi connectivity index (χ3v) is 8.42. The Morgan fingerprint density at radius 2 is 1.87 bits per heavy atom. The predicted octanol–water partition coefficient (Wildman–Crippen LogP) is 3.84. The van der Waals surface area contributed by atoms with E-state index in [9.17, 15) is 4.79 Å². The van der Waals surface area contributed by atoms with Crippen LogP contribution in [-0.2, 0) is 11.3 Å². The van der Waals surface area contributed by atoms with Crippen molar-refractivity contribution in [2.45, 2.75) is 59.2 Å². The maximum atomic E-state index is 13.7. The highest BCUT2D eigenvalue weighted by Crippen LogP contribution is 2.31. The topological polar surface area (TPSA) is 92.2 Å². The minimum atomic E-state index is -0.365. The average molecular weight is 528 g/mol.